The molecule has 0 aliphatic heterocycles. The van der Waals surface area contributed by atoms with Crippen molar-refractivity contribution in [3.63, 3.8) is 0 Å². The van der Waals surface area contributed by atoms with Crippen molar-refractivity contribution in [2.45, 2.75) is 26.2 Å². The quantitative estimate of drug-likeness (QED) is 0.776. The number of nitrogens with one attached hydrogen (secondary N) is 1. The number of aromatic nitrogens is 2. The van der Waals surface area contributed by atoms with Crippen LogP contribution in [0.3, 0.4) is 0 Å². The van der Waals surface area contributed by atoms with E-state index in [9.17, 15) is 4.79 Å². The molecule has 0 unspecified atom stereocenters. The molecule has 0 fully saturated rings. The Labute approximate surface area is 133 Å². The minimum Gasteiger partial charge on any atom is -0.311 e. The van der Waals surface area contributed by atoms with E-state index >= 15 is 0 Å². The number of hydrogen-bond donors (Lipinski definition) is 1. The Morgan fingerprint density at radius 2 is 2.09 bits per heavy atom. The molecule has 0 aliphatic rings. The van der Waals surface area contributed by atoms with Gasteiger partial charge in [-0.3, -0.25) is 4.79 Å². The molecule has 2 aromatic heterocycles. The van der Waals surface area contributed by atoms with E-state index in [1.165, 1.54) is 4.70 Å². The smallest absolute Gasteiger partial charge is 0.225 e. The molecule has 4 nitrogen and oxygen atoms in total. The van der Waals surface area contributed by atoms with Crippen LogP contribution in [0.25, 0.3) is 10.2 Å². The van der Waals surface area contributed by atoms with Gasteiger partial charge in [0.1, 0.15) is 5.82 Å². The Kier molecular flexibility index (Phi) is 4.44. The zero-order chi connectivity index (χ0) is 15.4. The number of rotatable bonds is 5. The molecular weight excluding hydrogens is 294 g/mol. The lowest BCUT2D eigenvalue weighted by atomic mass is 10.2. The van der Waals surface area contributed by atoms with E-state index in [0.29, 0.717) is 12.2 Å². The monoisotopic (exact) mass is 311 g/mol. The third-order valence-corrected chi connectivity index (χ3v) is 4.41. The van der Waals surface area contributed by atoms with Gasteiger partial charge in [-0.1, -0.05) is 18.2 Å². The molecule has 5 heteroatoms. The Balaban J connectivity index is 1.49. The van der Waals surface area contributed by atoms with E-state index in [0.717, 1.165) is 28.9 Å². The Bertz CT molecular complexity index is 747. The number of thiazole rings is 1. The predicted octanol–water partition coefficient (Wildman–Crippen LogP) is 3.96. The van der Waals surface area contributed by atoms with Crippen LogP contribution in [0.15, 0.2) is 42.6 Å². The first-order valence-corrected chi connectivity index (χ1v) is 8.09. The predicted molar refractivity (Wildman–Crippen MR) is 90.2 cm³/mol. The fourth-order valence-corrected chi connectivity index (χ4v) is 3.18. The number of aryl methyl sites for hydroxylation is 2. The van der Waals surface area contributed by atoms with E-state index in [1.807, 2.05) is 37.3 Å². The number of carbonyl (C=O) groups is 1. The standard InChI is InChI=1S/C17H17N3OS/c1-12-9-10-15(18-11-12)20-16(21)7-4-8-17-19-13-5-2-3-6-14(13)22-17/h2-3,5-6,9-11H,4,7-8H2,1H3,(H,18,20,21). The summed E-state index contributed by atoms with van der Waals surface area (Å²) in [5.74, 6) is 0.605. The number of nitrogens with zero attached hydrogens (tertiary/aromatic N) is 2. The van der Waals surface area contributed by atoms with Gasteiger partial charge in [0.2, 0.25) is 5.91 Å². The Morgan fingerprint density at radius 3 is 2.86 bits per heavy atom. The highest BCUT2D eigenvalue weighted by Crippen LogP contribution is 2.22. The fourth-order valence-electron chi connectivity index (χ4n) is 2.17. The summed E-state index contributed by atoms with van der Waals surface area (Å²) in [6, 6.07) is 11.9. The molecule has 0 saturated heterocycles. The number of amides is 1. The molecule has 0 atom stereocenters. The minimum absolute atomic E-state index is 0.00235. The molecule has 1 amide bonds. The second-order valence-corrected chi connectivity index (χ2v) is 6.31. The van der Waals surface area contributed by atoms with Gasteiger partial charge in [0.15, 0.2) is 0 Å². The first-order valence-electron chi connectivity index (χ1n) is 7.28. The summed E-state index contributed by atoms with van der Waals surface area (Å²) >= 11 is 1.70. The van der Waals surface area contributed by atoms with Crippen LogP contribution in [0.5, 0.6) is 0 Å². The molecule has 0 bridgehead atoms. The third-order valence-electron chi connectivity index (χ3n) is 3.31. The van der Waals surface area contributed by atoms with Gasteiger partial charge < -0.3 is 5.32 Å². The summed E-state index contributed by atoms with van der Waals surface area (Å²) in [6.07, 6.45) is 3.84. The van der Waals surface area contributed by atoms with E-state index in [1.54, 1.807) is 17.5 Å². The van der Waals surface area contributed by atoms with Crippen LogP contribution in [-0.4, -0.2) is 15.9 Å². The highest BCUT2D eigenvalue weighted by atomic mass is 32.1. The largest absolute Gasteiger partial charge is 0.311 e. The normalized spacial score (nSPS) is 10.8. The number of fused-ring (bicyclic) bond motifs is 1. The van der Waals surface area contributed by atoms with Crippen LogP contribution < -0.4 is 5.32 Å². The molecule has 3 aromatic rings. The van der Waals surface area contributed by atoms with Gasteiger partial charge >= 0.3 is 0 Å². The highest BCUT2D eigenvalue weighted by Gasteiger charge is 2.06. The van der Waals surface area contributed by atoms with E-state index in [4.69, 9.17) is 0 Å². The van der Waals surface area contributed by atoms with Crippen molar-refractivity contribution >= 4 is 33.3 Å². The van der Waals surface area contributed by atoms with Gasteiger partial charge in [-0.2, -0.15) is 0 Å². The number of pyridine rings is 1. The van der Waals surface area contributed by atoms with Crippen LogP contribution >= 0.6 is 11.3 Å². The van der Waals surface area contributed by atoms with E-state index in [-0.39, 0.29) is 5.91 Å². The molecule has 22 heavy (non-hydrogen) atoms. The van der Waals surface area contributed by atoms with Gasteiger partial charge in [0, 0.05) is 12.6 Å². The first kappa shape index (κ1) is 14.7. The van der Waals surface area contributed by atoms with Crippen LogP contribution in [-0.2, 0) is 11.2 Å². The van der Waals surface area contributed by atoms with Gasteiger partial charge in [0.25, 0.3) is 0 Å². The summed E-state index contributed by atoms with van der Waals surface area (Å²) in [5, 5.41) is 3.90. The SMILES string of the molecule is Cc1ccc(NC(=O)CCCc2nc3ccccc3s2)nc1. The molecule has 3 rings (SSSR count). The summed E-state index contributed by atoms with van der Waals surface area (Å²) < 4.78 is 1.20. The van der Waals surface area contributed by atoms with Crippen molar-refractivity contribution in [2.75, 3.05) is 5.32 Å². The second kappa shape index (κ2) is 6.66. The number of anilines is 1. The van der Waals surface area contributed by atoms with Crippen molar-refractivity contribution in [1.82, 2.24) is 9.97 Å². The number of carbonyl (C=O) groups excluding carboxylic acids is 1. The average molecular weight is 311 g/mol. The van der Waals surface area contributed by atoms with Crippen LogP contribution in [0.1, 0.15) is 23.4 Å². The van der Waals surface area contributed by atoms with Crippen LogP contribution in [0.2, 0.25) is 0 Å². The molecular formula is C17H17N3OS. The van der Waals surface area contributed by atoms with Crippen molar-refractivity contribution in [3.8, 4) is 0 Å². The highest BCUT2D eigenvalue weighted by molar-refractivity contribution is 7.18. The van der Waals surface area contributed by atoms with Crippen molar-refractivity contribution < 1.29 is 4.79 Å². The van der Waals surface area contributed by atoms with E-state index in [2.05, 4.69) is 21.4 Å². The number of hydrogen-bond acceptors (Lipinski definition) is 4. The Hall–Kier alpha value is -2.27. The minimum atomic E-state index is -0.00235. The zero-order valence-electron chi connectivity index (χ0n) is 12.4. The number of para-hydroxylation sites is 1. The molecule has 1 aromatic carbocycles. The van der Waals surface area contributed by atoms with Gasteiger partial charge in [-0.15, -0.1) is 11.3 Å². The van der Waals surface area contributed by atoms with Crippen LogP contribution in [0.4, 0.5) is 5.82 Å². The lowest BCUT2D eigenvalue weighted by molar-refractivity contribution is -0.116. The van der Waals surface area contributed by atoms with Crippen LogP contribution in [0, 0.1) is 6.92 Å². The third kappa shape index (κ3) is 3.68. The maximum Gasteiger partial charge on any atom is 0.225 e. The molecule has 112 valence electrons. The van der Waals surface area contributed by atoms with Gasteiger partial charge in [0.05, 0.1) is 15.2 Å². The summed E-state index contributed by atoms with van der Waals surface area (Å²) in [4.78, 5) is 20.6. The molecule has 0 radical (unpaired) electrons. The summed E-state index contributed by atoms with van der Waals surface area (Å²) in [7, 11) is 0. The maximum absolute atomic E-state index is 11.9. The lowest BCUT2D eigenvalue weighted by Gasteiger charge is -2.03. The molecule has 0 saturated carbocycles. The average Bonchev–Trinajstić information content (AvgIpc) is 2.92. The molecule has 0 aliphatic carbocycles. The molecule has 0 spiro atoms. The maximum atomic E-state index is 11.9. The summed E-state index contributed by atoms with van der Waals surface area (Å²) in [5.41, 5.74) is 2.12. The van der Waals surface area contributed by atoms with Gasteiger partial charge in [-0.05, 0) is 43.5 Å². The molecule has 1 N–H and O–H groups in total. The zero-order valence-corrected chi connectivity index (χ0v) is 13.2. The molecule has 2 heterocycles. The first-order chi connectivity index (χ1) is 10.7. The summed E-state index contributed by atoms with van der Waals surface area (Å²) in [6.45, 7) is 1.97. The fraction of sp³-hybridized carbons (Fsp3) is 0.235. The lowest BCUT2D eigenvalue weighted by Crippen LogP contribution is -2.12. The topological polar surface area (TPSA) is 54.9 Å². The Morgan fingerprint density at radius 1 is 1.23 bits per heavy atom. The van der Waals surface area contributed by atoms with Crippen molar-refractivity contribution in [2.24, 2.45) is 0 Å². The number of benzene rings is 1. The second-order valence-electron chi connectivity index (χ2n) is 5.20. The van der Waals surface area contributed by atoms with Crippen molar-refractivity contribution in [3.05, 3.63) is 53.2 Å². The van der Waals surface area contributed by atoms with Crippen molar-refractivity contribution in [1.29, 1.82) is 0 Å². The van der Waals surface area contributed by atoms with E-state index < -0.39 is 0 Å². The van der Waals surface area contributed by atoms with Gasteiger partial charge in [-0.25, -0.2) is 9.97 Å².